The first-order valence-corrected chi connectivity index (χ1v) is 7.29. The Morgan fingerprint density at radius 3 is 2.90 bits per heavy atom. The SMILES string of the molecule is Cc1cccc(C(C)NC(=O)C2(Cn3ccnc3)CC2)n1. The zero-order chi connectivity index (χ0) is 14.9. The molecular formula is C16H20N4O. The molecule has 5 heteroatoms. The monoisotopic (exact) mass is 284 g/mol. The van der Waals surface area contributed by atoms with E-state index in [0.717, 1.165) is 24.2 Å². The Labute approximate surface area is 124 Å². The third kappa shape index (κ3) is 2.96. The third-order valence-electron chi connectivity index (χ3n) is 4.08. The maximum Gasteiger partial charge on any atom is 0.228 e. The molecule has 0 aromatic carbocycles. The number of rotatable bonds is 5. The van der Waals surface area contributed by atoms with Crippen LogP contribution in [0.1, 0.15) is 37.2 Å². The molecule has 21 heavy (non-hydrogen) atoms. The highest BCUT2D eigenvalue weighted by Gasteiger charge is 2.50. The molecule has 1 saturated carbocycles. The van der Waals surface area contributed by atoms with Gasteiger partial charge in [-0.1, -0.05) is 6.07 Å². The van der Waals surface area contributed by atoms with Gasteiger partial charge in [0.05, 0.1) is 23.5 Å². The van der Waals surface area contributed by atoms with Gasteiger partial charge in [-0.15, -0.1) is 0 Å². The fourth-order valence-electron chi connectivity index (χ4n) is 2.57. The molecule has 1 aliphatic rings. The molecule has 2 aromatic heterocycles. The van der Waals surface area contributed by atoms with Crippen molar-refractivity contribution in [1.82, 2.24) is 19.9 Å². The van der Waals surface area contributed by atoms with Gasteiger partial charge >= 0.3 is 0 Å². The van der Waals surface area contributed by atoms with Gasteiger partial charge in [-0.3, -0.25) is 9.78 Å². The van der Waals surface area contributed by atoms with Crippen molar-refractivity contribution in [2.24, 2.45) is 5.41 Å². The van der Waals surface area contributed by atoms with Crippen LogP contribution >= 0.6 is 0 Å². The van der Waals surface area contributed by atoms with E-state index >= 15 is 0 Å². The average Bonchev–Trinajstić information content (AvgIpc) is 3.06. The molecule has 5 nitrogen and oxygen atoms in total. The van der Waals surface area contributed by atoms with Gasteiger partial charge in [0.1, 0.15) is 0 Å². The van der Waals surface area contributed by atoms with E-state index in [1.807, 2.05) is 42.8 Å². The van der Waals surface area contributed by atoms with Crippen molar-refractivity contribution in [3.05, 3.63) is 48.3 Å². The molecule has 0 radical (unpaired) electrons. The zero-order valence-corrected chi connectivity index (χ0v) is 12.4. The molecule has 0 spiro atoms. The zero-order valence-electron chi connectivity index (χ0n) is 12.4. The molecule has 110 valence electrons. The number of nitrogens with one attached hydrogen (secondary N) is 1. The summed E-state index contributed by atoms with van der Waals surface area (Å²) < 4.78 is 1.97. The van der Waals surface area contributed by atoms with Crippen LogP contribution in [0.15, 0.2) is 36.9 Å². The number of aromatic nitrogens is 3. The number of amides is 1. The summed E-state index contributed by atoms with van der Waals surface area (Å²) in [6.07, 6.45) is 7.28. The normalized spacial score (nSPS) is 17.2. The summed E-state index contributed by atoms with van der Waals surface area (Å²) in [6.45, 7) is 4.64. The molecule has 0 bridgehead atoms. The second-order valence-electron chi connectivity index (χ2n) is 5.91. The van der Waals surface area contributed by atoms with Gasteiger partial charge in [-0.05, 0) is 38.8 Å². The van der Waals surface area contributed by atoms with Gasteiger partial charge < -0.3 is 9.88 Å². The largest absolute Gasteiger partial charge is 0.347 e. The van der Waals surface area contributed by atoms with E-state index in [-0.39, 0.29) is 17.4 Å². The summed E-state index contributed by atoms with van der Waals surface area (Å²) in [5.41, 5.74) is 1.61. The van der Waals surface area contributed by atoms with E-state index in [1.165, 1.54) is 0 Å². The number of carbonyl (C=O) groups excluding carboxylic acids is 1. The quantitative estimate of drug-likeness (QED) is 0.916. The number of nitrogens with zero attached hydrogens (tertiary/aromatic N) is 3. The highest BCUT2D eigenvalue weighted by Crippen LogP contribution is 2.47. The molecule has 2 aromatic rings. The van der Waals surface area contributed by atoms with Gasteiger partial charge in [0.2, 0.25) is 5.91 Å². The topological polar surface area (TPSA) is 59.8 Å². The first-order valence-electron chi connectivity index (χ1n) is 7.29. The Morgan fingerprint density at radius 2 is 2.29 bits per heavy atom. The maximum atomic E-state index is 12.5. The Balaban J connectivity index is 1.66. The van der Waals surface area contributed by atoms with E-state index < -0.39 is 0 Å². The van der Waals surface area contributed by atoms with Crippen molar-refractivity contribution < 1.29 is 4.79 Å². The molecule has 3 rings (SSSR count). The summed E-state index contributed by atoms with van der Waals surface area (Å²) >= 11 is 0. The molecule has 1 atom stereocenters. The van der Waals surface area contributed by atoms with E-state index in [0.29, 0.717) is 6.54 Å². The van der Waals surface area contributed by atoms with Crippen molar-refractivity contribution in [2.75, 3.05) is 0 Å². The van der Waals surface area contributed by atoms with Crippen LogP contribution in [0.3, 0.4) is 0 Å². The molecule has 0 saturated heterocycles. The molecule has 1 aliphatic carbocycles. The lowest BCUT2D eigenvalue weighted by Crippen LogP contribution is -2.36. The van der Waals surface area contributed by atoms with Crippen molar-refractivity contribution in [3.8, 4) is 0 Å². The fourth-order valence-corrected chi connectivity index (χ4v) is 2.57. The van der Waals surface area contributed by atoms with Crippen LogP contribution in [0.25, 0.3) is 0 Å². The predicted molar refractivity (Wildman–Crippen MR) is 79.4 cm³/mol. The Bertz CT molecular complexity index is 631. The van der Waals surface area contributed by atoms with Crippen LogP contribution < -0.4 is 5.32 Å². The molecule has 1 amide bonds. The lowest BCUT2D eigenvalue weighted by molar-refractivity contribution is -0.127. The van der Waals surface area contributed by atoms with Crippen LogP contribution in [0, 0.1) is 12.3 Å². The number of hydrogen-bond donors (Lipinski definition) is 1. The summed E-state index contributed by atoms with van der Waals surface area (Å²) in [6, 6.07) is 5.81. The van der Waals surface area contributed by atoms with Crippen LogP contribution in [0.2, 0.25) is 0 Å². The lowest BCUT2D eigenvalue weighted by atomic mass is 10.1. The summed E-state index contributed by atoms with van der Waals surface area (Å²) in [7, 11) is 0. The second kappa shape index (κ2) is 5.31. The summed E-state index contributed by atoms with van der Waals surface area (Å²) in [5, 5.41) is 3.10. The Kier molecular flexibility index (Phi) is 3.49. The molecule has 2 heterocycles. The van der Waals surface area contributed by atoms with E-state index in [1.54, 1.807) is 12.5 Å². The molecular weight excluding hydrogens is 264 g/mol. The van der Waals surface area contributed by atoms with E-state index in [9.17, 15) is 4.79 Å². The van der Waals surface area contributed by atoms with Crippen LogP contribution in [0.5, 0.6) is 0 Å². The van der Waals surface area contributed by atoms with Crippen LogP contribution in [-0.4, -0.2) is 20.4 Å². The minimum atomic E-state index is -0.265. The third-order valence-corrected chi connectivity index (χ3v) is 4.08. The summed E-state index contributed by atoms with van der Waals surface area (Å²) in [4.78, 5) is 21.1. The molecule has 1 unspecified atom stereocenters. The van der Waals surface area contributed by atoms with Crippen molar-refractivity contribution in [3.63, 3.8) is 0 Å². The minimum Gasteiger partial charge on any atom is -0.347 e. The van der Waals surface area contributed by atoms with Crippen molar-refractivity contribution >= 4 is 5.91 Å². The van der Waals surface area contributed by atoms with Crippen molar-refractivity contribution in [1.29, 1.82) is 0 Å². The van der Waals surface area contributed by atoms with Crippen molar-refractivity contribution in [2.45, 2.75) is 39.3 Å². The minimum absolute atomic E-state index is 0.0716. The lowest BCUT2D eigenvalue weighted by Gasteiger charge is -2.20. The highest BCUT2D eigenvalue weighted by atomic mass is 16.2. The molecule has 0 aliphatic heterocycles. The number of carbonyl (C=O) groups is 1. The number of pyridine rings is 1. The maximum absolute atomic E-state index is 12.5. The predicted octanol–water partition coefficient (Wildman–Crippen LogP) is 2.24. The van der Waals surface area contributed by atoms with Gasteiger partial charge in [-0.2, -0.15) is 0 Å². The summed E-state index contributed by atoms with van der Waals surface area (Å²) in [5.74, 6) is 0.118. The highest BCUT2D eigenvalue weighted by molar-refractivity contribution is 5.85. The number of hydrogen-bond acceptors (Lipinski definition) is 3. The number of imidazole rings is 1. The van der Waals surface area contributed by atoms with Gasteiger partial charge in [0, 0.05) is 24.6 Å². The Morgan fingerprint density at radius 1 is 1.48 bits per heavy atom. The van der Waals surface area contributed by atoms with E-state index in [4.69, 9.17) is 0 Å². The van der Waals surface area contributed by atoms with Gasteiger partial charge in [-0.25, -0.2) is 4.98 Å². The molecule has 1 N–H and O–H groups in total. The standard InChI is InChI=1S/C16H20N4O/c1-12-4-3-5-14(18-12)13(2)19-15(21)16(6-7-16)10-20-9-8-17-11-20/h3-5,8-9,11,13H,6-7,10H2,1-2H3,(H,19,21). The van der Waals surface area contributed by atoms with E-state index in [2.05, 4.69) is 15.3 Å². The smallest absolute Gasteiger partial charge is 0.228 e. The Hall–Kier alpha value is -2.17. The number of aryl methyl sites for hydroxylation is 1. The van der Waals surface area contributed by atoms with Crippen LogP contribution in [0.4, 0.5) is 0 Å². The van der Waals surface area contributed by atoms with Gasteiger partial charge in [0.15, 0.2) is 0 Å². The first-order chi connectivity index (χ1) is 10.1. The van der Waals surface area contributed by atoms with Gasteiger partial charge in [0.25, 0.3) is 0 Å². The molecule has 1 fully saturated rings. The fraction of sp³-hybridized carbons (Fsp3) is 0.438. The van der Waals surface area contributed by atoms with Crippen LogP contribution in [-0.2, 0) is 11.3 Å². The average molecular weight is 284 g/mol. The first kappa shape index (κ1) is 13.8. The second-order valence-corrected chi connectivity index (χ2v) is 5.91.